The molecular weight excluding hydrogens is 258 g/mol. The molecule has 0 aromatic heterocycles. The van der Waals surface area contributed by atoms with Gasteiger partial charge >= 0.3 is 0 Å². The fourth-order valence-electron chi connectivity index (χ4n) is 2.36. The Balaban J connectivity index is 1.78. The SMILES string of the molecule is O=C(Cc1ccc(Cl)cc1)c1ccc2c(c1)CNC2. The van der Waals surface area contributed by atoms with E-state index in [1.807, 2.05) is 42.5 Å². The molecule has 96 valence electrons. The van der Waals surface area contributed by atoms with Crippen molar-refractivity contribution >= 4 is 17.4 Å². The van der Waals surface area contributed by atoms with Crippen molar-refractivity contribution < 1.29 is 4.79 Å². The third kappa shape index (κ3) is 2.70. The summed E-state index contributed by atoms with van der Waals surface area (Å²) >= 11 is 5.84. The summed E-state index contributed by atoms with van der Waals surface area (Å²) in [5, 5.41) is 3.98. The van der Waals surface area contributed by atoms with Crippen molar-refractivity contribution in [3.8, 4) is 0 Å². The van der Waals surface area contributed by atoms with Gasteiger partial charge in [-0.15, -0.1) is 0 Å². The first-order valence-electron chi connectivity index (χ1n) is 6.32. The fraction of sp³-hybridized carbons (Fsp3) is 0.188. The number of carbonyl (C=O) groups is 1. The van der Waals surface area contributed by atoms with Gasteiger partial charge in [0.1, 0.15) is 0 Å². The van der Waals surface area contributed by atoms with Gasteiger partial charge in [0.2, 0.25) is 0 Å². The van der Waals surface area contributed by atoms with Crippen LogP contribution in [0.3, 0.4) is 0 Å². The van der Waals surface area contributed by atoms with Gasteiger partial charge in [0.15, 0.2) is 5.78 Å². The third-order valence-electron chi connectivity index (χ3n) is 3.44. The van der Waals surface area contributed by atoms with E-state index in [1.54, 1.807) is 0 Å². The molecule has 1 aliphatic rings. The average Bonchev–Trinajstić information content (AvgIpc) is 2.88. The molecule has 1 aliphatic heterocycles. The number of halogens is 1. The molecule has 0 bridgehead atoms. The maximum atomic E-state index is 12.2. The number of fused-ring (bicyclic) bond motifs is 1. The lowest BCUT2D eigenvalue weighted by Gasteiger charge is -2.04. The number of hydrogen-bond acceptors (Lipinski definition) is 2. The van der Waals surface area contributed by atoms with Crippen molar-refractivity contribution in [3.63, 3.8) is 0 Å². The van der Waals surface area contributed by atoms with Gasteiger partial charge in [0, 0.05) is 30.1 Å². The first-order valence-corrected chi connectivity index (χ1v) is 6.70. The van der Waals surface area contributed by atoms with Gasteiger partial charge in [-0.3, -0.25) is 4.79 Å². The van der Waals surface area contributed by atoms with E-state index >= 15 is 0 Å². The van der Waals surface area contributed by atoms with Crippen LogP contribution in [0.2, 0.25) is 5.02 Å². The van der Waals surface area contributed by atoms with Crippen molar-refractivity contribution in [3.05, 3.63) is 69.7 Å². The predicted octanol–water partition coefficient (Wildman–Crippen LogP) is 3.37. The van der Waals surface area contributed by atoms with Crippen LogP contribution in [0.5, 0.6) is 0 Å². The van der Waals surface area contributed by atoms with Gasteiger partial charge in [-0.2, -0.15) is 0 Å². The Labute approximate surface area is 117 Å². The summed E-state index contributed by atoms with van der Waals surface area (Å²) in [5.74, 6) is 0.150. The highest BCUT2D eigenvalue weighted by molar-refractivity contribution is 6.30. The topological polar surface area (TPSA) is 29.1 Å². The van der Waals surface area contributed by atoms with Crippen LogP contribution in [0.25, 0.3) is 0 Å². The van der Waals surface area contributed by atoms with Crippen molar-refractivity contribution in [2.45, 2.75) is 19.5 Å². The number of carbonyl (C=O) groups excluding carboxylic acids is 1. The van der Waals surface area contributed by atoms with Crippen LogP contribution < -0.4 is 5.32 Å². The van der Waals surface area contributed by atoms with E-state index in [0.29, 0.717) is 11.4 Å². The van der Waals surface area contributed by atoms with E-state index in [-0.39, 0.29) is 5.78 Å². The van der Waals surface area contributed by atoms with Gasteiger partial charge in [-0.1, -0.05) is 35.9 Å². The molecule has 2 aromatic carbocycles. The molecular formula is C16H14ClNO. The summed E-state index contributed by atoms with van der Waals surface area (Å²) in [4.78, 5) is 12.2. The lowest BCUT2D eigenvalue weighted by atomic mass is 9.99. The van der Waals surface area contributed by atoms with Crippen LogP contribution in [0, 0.1) is 0 Å². The minimum atomic E-state index is 0.150. The van der Waals surface area contributed by atoms with E-state index < -0.39 is 0 Å². The summed E-state index contributed by atoms with van der Waals surface area (Å²) in [5.41, 5.74) is 4.32. The smallest absolute Gasteiger partial charge is 0.167 e. The second-order valence-corrected chi connectivity index (χ2v) is 5.25. The second kappa shape index (κ2) is 5.16. The summed E-state index contributed by atoms with van der Waals surface area (Å²) in [6.45, 7) is 1.76. The minimum absolute atomic E-state index is 0.150. The number of rotatable bonds is 3. The molecule has 1 heterocycles. The molecule has 3 heteroatoms. The van der Waals surface area contributed by atoms with Crippen molar-refractivity contribution in [2.24, 2.45) is 0 Å². The van der Waals surface area contributed by atoms with Gasteiger partial charge in [-0.05, 0) is 34.9 Å². The molecule has 1 N–H and O–H groups in total. The monoisotopic (exact) mass is 271 g/mol. The summed E-state index contributed by atoms with van der Waals surface area (Å²) < 4.78 is 0. The van der Waals surface area contributed by atoms with Crippen molar-refractivity contribution in [2.75, 3.05) is 0 Å². The molecule has 0 aliphatic carbocycles. The zero-order valence-corrected chi connectivity index (χ0v) is 11.2. The zero-order valence-electron chi connectivity index (χ0n) is 10.4. The molecule has 0 fully saturated rings. The molecule has 0 saturated carbocycles. The second-order valence-electron chi connectivity index (χ2n) is 4.81. The standard InChI is InChI=1S/C16H14ClNO/c17-15-5-1-11(2-6-15)7-16(19)12-3-4-13-9-18-10-14(13)8-12/h1-6,8,18H,7,9-10H2. The first-order chi connectivity index (χ1) is 9.22. The Morgan fingerprint density at radius 2 is 1.79 bits per heavy atom. The fourth-order valence-corrected chi connectivity index (χ4v) is 2.48. The Hall–Kier alpha value is -1.64. The Morgan fingerprint density at radius 3 is 2.58 bits per heavy atom. The van der Waals surface area contributed by atoms with Gasteiger partial charge in [-0.25, -0.2) is 0 Å². The highest BCUT2D eigenvalue weighted by Gasteiger charge is 2.13. The number of hydrogen-bond donors (Lipinski definition) is 1. The Kier molecular flexibility index (Phi) is 3.36. The summed E-state index contributed by atoms with van der Waals surface area (Å²) in [6, 6.07) is 13.4. The van der Waals surface area contributed by atoms with Crippen LogP contribution >= 0.6 is 11.6 Å². The summed E-state index contributed by atoms with van der Waals surface area (Å²) in [6.07, 6.45) is 0.420. The van der Waals surface area contributed by atoms with E-state index in [9.17, 15) is 4.79 Å². The quantitative estimate of drug-likeness (QED) is 0.868. The molecule has 19 heavy (non-hydrogen) atoms. The van der Waals surface area contributed by atoms with Crippen molar-refractivity contribution in [1.29, 1.82) is 0 Å². The molecule has 2 aromatic rings. The molecule has 0 atom stereocenters. The highest BCUT2D eigenvalue weighted by Crippen LogP contribution is 2.18. The highest BCUT2D eigenvalue weighted by atomic mass is 35.5. The zero-order chi connectivity index (χ0) is 13.2. The predicted molar refractivity (Wildman–Crippen MR) is 76.5 cm³/mol. The molecule has 0 unspecified atom stereocenters. The summed E-state index contributed by atoms with van der Waals surface area (Å²) in [7, 11) is 0. The molecule has 3 rings (SSSR count). The van der Waals surface area contributed by atoms with E-state index in [1.165, 1.54) is 11.1 Å². The van der Waals surface area contributed by atoms with Gasteiger partial charge in [0.05, 0.1) is 0 Å². The Bertz CT molecular complexity index is 619. The largest absolute Gasteiger partial charge is 0.309 e. The van der Waals surface area contributed by atoms with E-state index in [4.69, 9.17) is 11.6 Å². The van der Waals surface area contributed by atoms with Crippen LogP contribution in [-0.4, -0.2) is 5.78 Å². The first kappa shape index (κ1) is 12.4. The third-order valence-corrected chi connectivity index (χ3v) is 3.69. The molecule has 2 nitrogen and oxygen atoms in total. The minimum Gasteiger partial charge on any atom is -0.309 e. The maximum absolute atomic E-state index is 12.2. The van der Waals surface area contributed by atoms with Crippen LogP contribution in [0.4, 0.5) is 0 Å². The molecule has 0 radical (unpaired) electrons. The van der Waals surface area contributed by atoms with Gasteiger partial charge < -0.3 is 5.32 Å². The lowest BCUT2D eigenvalue weighted by molar-refractivity contribution is 0.0993. The van der Waals surface area contributed by atoms with Crippen molar-refractivity contribution in [1.82, 2.24) is 5.32 Å². The number of benzene rings is 2. The Morgan fingerprint density at radius 1 is 1.05 bits per heavy atom. The van der Waals surface area contributed by atoms with E-state index in [0.717, 1.165) is 24.2 Å². The number of nitrogens with one attached hydrogen (secondary N) is 1. The van der Waals surface area contributed by atoms with E-state index in [2.05, 4.69) is 5.32 Å². The number of ketones is 1. The molecule has 0 amide bonds. The van der Waals surface area contributed by atoms with Crippen LogP contribution in [0.1, 0.15) is 27.0 Å². The lowest BCUT2D eigenvalue weighted by Crippen LogP contribution is -2.04. The molecule has 0 saturated heterocycles. The maximum Gasteiger partial charge on any atom is 0.167 e. The average molecular weight is 272 g/mol. The van der Waals surface area contributed by atoms with Crippen LogP contribution in [-0.2, 0) is 19.5 Å². The molecule has 0 spiro atoms. The van der Waals surface area contributed by atoms with Gasteiger partial charge in [0.25, 0.3) is 0 Å². The normalized spacial score (nSPS) is 13.3. The number of Topliss-reactive ketones (excluding diaryl/α,β-unsaturated/α-hetero) is 1. The van der Waals surface area contributed by atoms with Crippen LogP contribution in [0.15, 0.2) is 42.5 Å².